The van der Waals surface area contributed by atoms with E-state index in [1.807, 2.05) is 0 Å². The van der Waals surface area contributed by atoms with E-state index in [1.54, 1.807) is 4.90 Å². The van der Waals surface area contributed by atoms with Crippen molar-refractivity contribution in [2.24, 2.45) is 5.92 Å². The van der Waals surface area contributed by atoms with Crippen molar-refractivity contribution in [3.63, 3.8) is 0 Å². The Kier molecular flexibility index (Phi) is 20.5. The number of quaternary nitrogens is 1. The summed E-state index contributed by atoms with van der Waals surface area (Å²) < 4.78 is 0. The van der Waals surface area contributed by atoms with Crippen LogP contribution >= 0.6 is 11.6 Å². The van der Waals surface area contributed by atoms with Crippen molar-refractivity contribution >= 4 is 11.6 Å². The van der Waals surface area contributed by atoms with Crippen LogP contribution in [0.3, 0.4) is 0 Å². The molecule has 0 bridgehead atoms. The van der Waals surface area contributed by atoms with E-state index in [4.69, 9.17) is 11.6 Å². The summed E-state index contributed by atoms with van der Waals surface area (Å²) in [5, 5.41) is 0. The molecule has 1 N–H and O–H groups in total. The van der Waals surface area contributed by atoms with Crippen LogP contribution in [0.15, 0.2) is 0 Å². The molecule has 0 aromatic rings. The molecule has 0 aromatic heterocycles. The van der Waals surface area contributed by atoms with Gasteiger partial charge in [0.05, 0.1) is 20.6 Å². The topological polar surface area (TPSA) is 4.44 Å². The molecule has 0 radical (unpaired) electrons. The van der Waals surface area contributed by atoms with E-state index < -0.39 is 0 Å². The largest absolute Gasteiger partial charge is 1.00 e. The Hall–Kier alpha value is 0.730. The Balaban J connectivity index is 0. The molecule has 1 unspecified atom stereocenters. The van der Waals surface area contributed by atoms with E-state index in [2.05, 4.69) is 21.0 Å². The highest BCUT2D eigenvalue weighted by molar-refractivity contribution is 6.17. The molecule has 20 heavy (non-hydrogen) atoms. The summed E-state index contributed by atoms with van der Waals surface area (Å²) >= 11 is 5.80. The van der Waals surface area contributed by atoms with Crippen molar-refractivity contribution in [1.82, 2.24) is 0 Å². The van der Waals surface area contributed by atoms with Gasteiger partial charge in [-0.1, -0.05) is 51.9 Å². The molecular formula is C17H37BrClN. The molecule has 0 aromatic carbocycles. The second-order valence-electron chi connectivity index (χ2n) is 6.35. The van der Waals surface area contributed by atoms with E-state index in [0.717, 1.165) is 11.8 Å². The van der Waals surface area contributed by atoms with Crippen LogP contribution in [-0.2, 0) is 0 Å². The van der Waals surface area contributed by atoms with Gasteiger partial charge in [0.2, 0.25) is 0 Å². The molecule has 0 amide bonds. The van der Waals surface area contributed by atoms with Gasteiger partial charge in [-0.25, -0.2) is 0 Å². The average molecular weight is 371 g/mol. The third kappa shape index (κ3) is 16.8. The smallest absolute Gasteiger partial charge is 0.0766 e. The number of hydrogen-bond acceptors (Lipinski definition) is 0. The van der Waals surface area contributed by atoms with Crippen LogP contribution in [0.1, 0.15) is 77.6 Å². The maximum Gasteiger partial charge on any atom is 0.0766 e. The summed E-state index contributed by atoms with van der Waals surface area (Å²) in [5.74, 6) is 1.79. The lowest BCUT2D eigenvalue weighted by Crippen LogP contribution is -3.05. The first-order valence-electron chi connectivity index (χ1n) is 8.55. The second kappa shape index (κ2) is 17.8. The summed E-state index contributed by atoms with van der Waals surface area (Å²) in [6, 6.07) is 0. The lowest BCUT2D eigenvalue weighted by atomic mass is 9.92. The van der Waals surface area contributed by atoms with Crippen LogP contribution in [0.25, 0.3) is 0 Å². The molecule has 3 heteroatoms. The molecular weight excluding hydrogens is 334 g/mol. The minimum atomic E-state index is 0. The fourth-order valence-corrected chi connectivity index (χ4v) is 2.98. The van der Waals surface area contributed by atoms with E-state index in [-0.39, 0.29) is 17.0 Å². The third-order valence-electron chi connectivity index (χ3n) is 3.98. The van der Waals surface area contributed by atoms with Crippen LogP contribution < -0.4 is 21.9 Å². The first kappa shape index (κ1) is 23.0. The zero-order valence-corrected chi connectivity index (χ0v) is 16.4. The van der Waals surface area contributed by atoms with Gasteiger partial charge in [-0.2, -0.15) is 0 Å². The van der Waals surface area contributed by atoms with Gasteiger partial charge in [-0.05, 0) is 31.6 Å². The van der Waals surface area contributed by atoms with Crippen LogP contribution in [0, 0.1) is 5.92 Å². The van der Waals surface area contributed by atoms with Gasteiger partial charge < -0.3 is 21.9 Å². The number of halogens is 2. The first-order valence-corrected chi connectivity index (χ1v) is 9.09. The predicted molar refractivity (Wildman–Crippen MR) is 88.3 cm³/mol. The van der Waals surface area contributed by atoms with Gasteiger partial charge >= 0.3 is 0 Å². The van der Waals surface area contributed by atoms with Crippen molar-refractivity contribution < 1.29 is 21.9 Å². The zero-order chi connectivity index (χ0) is 14.3. The predicted octanol–water partition coefficient (Wildman–Crippen LogP) is 1.30. The van der Waals surface area contributed by atoms with E-state index in [9.17, 15) is 0 Å². The SMILES string of the molecule is CCCC(CCCCl)CCCCCCCC[NH+](C)C.[Br-]. The highest BCUT2D eigenvalue weighted by atomic mass is 79.9. The molecule has 124 valence electrons. The minimum absolute atomic E-state index is 0. The molecule has 1 nitrogen and oxygen atoms in total. The fourth-order valence-electron chi connectivity index (χ4n) is 2.83. The Morgan fingerprint density at radius 3 is 1.90 bits per heavy atom. The summed E-state index contributed by atoms with van der Waals surface area (Å²) in [6.45, 7) is 3.64. The number of rotatable bonds is 14. The maximum absolute atomic E-state index is 5.80. The molecule has 1 atom stereocenters. The van der Waals surface area contributed by atoms with Crippen molar-refractivity contribution in [2.75, 3.05) is 26.5 Å². The monoisotopic (exact) mass is 369 g/mol. The maximum atomic E-state index is 5.80. The molecule has 0 rings (SSSR count). The molecule has 0 aliphatic heterocycles. The van der Waals surface area contributed by atoms with Crippen molar-refractivity contribution in [1.29, 1.82) is 0 Å². The summed E-state index contributed by atoms with van der Waals surface area (Å²) in [6.07, 6.45) is 15.3. The van der Waals surface area contributed by atoms with E-state index in [0.29, 0.717) is 0 Å². The highest BCUT2D eigenvalue weighted by Crippen LogP contribution is 2.21. The highest BCUT2D eigenvalue weighted by Gasteiger charge is 2.06. The van der Waals surface area contributed by atoms with Crippen LogP contribution in [0.2, 0.25) is 0 Å². The van der Waals surface area contributed by atoms with Crippen LogP contribution in [-0.4, -0.2) is 26.5 Å². The number of alkyl halides is 1. The molecule has 0 spiro atoms. The van der Waals surface area contributed by atoms with Gasteiger partial charge in [0.1, 0.15) is 0 Å². The lowest BCUT2D eigenvalue weighted by Gasteiger charge is -2.15. The standard InChI is InChI=1S/C17H36ClN.BrH/c1-4-12-17(14-11-15-18)13-9-7-5-6-8-10-16-19(2)3;/h17H,4-16H2,1-3H3;1H. The number of hydrogen-bond donors (Lipinski definition) is 1. The summed E-state index contributed by atoms with van der Waals surface area (Å²) in [4.78, 5) is 1.58. The molecule has 0 heterocycles. The van der Waals surface area contributed by atoms with Gasteiger partial charge in [0, 0.05) is 5.88 Å². The van der Waals surface area contributed by atoms with Crippen LogP contribution in [0.4, 0.5) is 0 Å². The Bertz CT molecular complexity index is 176. The molecule has 0 aliphatic carbocycles. The van der Waals surface area contributed by atoms with Crippen molar-refractivity contribution in [3.8, 4) is 0 Å². The van der Waals surface area contributed by atoms with Gasteiger partial charge in [-0.15, -0.1) is 11.6 Å². The Morgan fingerprint density at radius 1 is 0.800 bits per heavy atom. The van der Waals surface area contributed by atoms with Gasteiger partial charge in [0.25, 0.3) is 0 Å². The minimum Gasteiger partial charge on any atom is -1.00 e. The van der Waals surface area contributed by atoms with E-state index >= 15 is 0 Å². The van der Waals surface area contributed by atoms with Crippen LogP contribution in [0.5, 0.6) is 0 Å². The van der Waals surface area contributed by atoms with Gasteiger partial charge in [0.15, 0.2) is 0 Å². The molecule has 0 saturated carbocycles. The number of unbranched alkanes of at least 4 members (excludes halogenated alkanes) is 5. The molecule has 0 aliphatic rings. The summed E-state index contributed by atoms with van der Waals surface area (Å²) in [7, 11) is 4.49. The Labute approximate surface area is 143 Å². The zero-order valence-electron chi connectivity index (χ0n) is 14.0. The third-order valence-corrected chi connectivity index (χ3v) is 4.25. The Morgan fingerprint density at radius 2 is 1.35 bits per heavy atom. The summed E-state index contributed by atoms with van der Waals surface area (Å²) in [5.41, 5.74) is 0. The van der Waals surface area contributed by atoms with Crippen molar-refractivity contribution in [2.45, 2.75) is 77.6 Å². The molecule has 0 fully saturated rings. The van der Waals surface area contributed by atoms with E-state index in [1.165, 1.54) is 77.2 Å². The fraction of sp³-hybridized carbons (Fsp3) is 1.00. The van der Waals surface area contributed by atoms with Crippen molar-refractivity contribution in [3.05, 3.63) is 0 Å². The average Bonchev–Trinajstić information content (AvgIpc) is 2.38. The lowest BCUT2D eigenvalue weighted by molar-refractivity contribution is -0.858. The quantitative estimate of drug-likeness (QED) is 0.347. The normalized spacial score (nSPS) is 12.4. The second-order valence-corrected chi connectivity index (χ2v) is 6.73. The van der Waals surface area contributed by atoms with Gasteiger partial charge in [-0.3, -0.25) is 0 Å². The first-order chi connectivity index (χ1) is 9.20. The molecule has 0 saturated heterocycles. The number of nitrogens with one attached hydrogen (secondary N) is 1.